The lowest BCUT2D eigenvalue weighted by molar-refractivity contribution is 0.0954. The molecule has 5 heteroatoms. The third-order valence-electron chi connectivity index (χ3n) is 5.20. The first-order valence-corrected chi connectivity index (χ1v) is 9.65. The first-order chi connectivity index (χ1) is 14.3. The lowest BCUT2D eigenvalue weighted by atomic mass is 10.1. The van der Waals surface area contributed by atoms with Crippen molar-refractivity contribution < 1.29 is 4.79 Å². The molecule has 1 amide bonds. The molecule has 0 fully saturated rings. The normalized spacial score (nSPS) is 11.2. The topological polar surface area (TPSA) is 62.7 Å². The van der Waals surface area contributed by atoms with Gasteiger partial charge in [0.15, 0.2) is 0 Å². The molecule has 0 radical (unpaired) electrons. The van der Waals surface area contributed by atoms with Gasteiger partial charge in [0.2, 0.25) is 0 Å². The van der Waals surface area contributed by atoms with Crippen molar-refractivity contribution in [1.29, 1.82) is 0 Å². The first-order valence-electron chi connectivity index (χ1n) is 9.65. The van der Waals surface area contributed by atoms with Crippen molar-refractivity contribution in [3.63, 3.8) is 0 Å². The number of aromatic nitrogens is 3. The van der Waals surface area contributed by atoms with Gasteiger partial charge in [-0.25, -0.2) is 4.98 Å². The van der Waals surface area contributed by atoms with Crippen LogP contribution < -0.4 is 5.32 Å². The molecule has 2 N–H and O–H groups in total. The molecular weight excluding hydrogens is 360 g/mol. The van der Waals surface area contributed by atoms with Crippen molar-refractivity contribution in [2.75, 3.05) is 6.54 Å². The van der Waals surface area contributed by atoms with Crippen LogP contribution in [0.4, 0.5) is 0 Å². The number of nitrogens with one attached hydrogen (secondary N) is 2. The van der Waals surface area contributed by atoms with E-state index in [1.165, 1.54) is 10.9 Å². The van der Waals surface area contributed by atoms with Crippen molar-refractivity contribution in [1.82, 2.24) is 19.9 Å². The maximum atomic E-state index is 12.6. The highest BCUT2D eigenvalue weighted by Gasteiger charge is 2.10. The number of benzene rings is 3. The van der Waals surface area contributed by atoms with Crippen molar-refractivity contribution >= 4 is 27.8 Å². The highest BCUT2D eigenvalue weighted by Crippen LogP contribution is 2.20. The number of imidazole rings is 1. The summed E-state index contributed by atoms with van der Waals surface area (Å²) >= 11 is 0. The van der Waals surface area contributed by atoms with Crippen LogP contribution in [0.25, 0.3) is 27.6 Å². The van der Waals surface area contributed by atoms with E-state index < -0.39 is 0 Å². The zero-order valence-electron chi connectivity index (χ0n) is 15.8. The van der Waals surface area contributed by atoms with E-state index in [0.29, 0.717) is 12.1 Å². The van der Waals surface area contributed by atoms with Crippen LogP contribution >= 0.6 is 0 Å². The summed E-state index contributed by atoms with van der Waals surface area (Å²) in [4.78, 5) is 20.3. The van der Waals surface area contributed by atoms with E-state index in [4.69, 9.17) is 0 Å². The van der Waals surface area contributed by atoms with Crippen LogP contribution in [0.15, 0.2) is 85.3 Å². The molecule has 0 bridgehead atoms. The van der Waals surface area contributed by atoms with Gasteiger partial charge >= 0.3 is 0 Å². The van der Waals surface area contributed by atoms with E-state index >= 15 is 0 Å². The van der Waals surface area contributed by atoms with E-state index in [0.717, 1.165) is 28.7 Å². The molecule has 0 aliphatic heterocycles. The zero-order chi connectivity index (χ0) is 19.6. The number of carbonyl (C=O) groups excluding carboxylic acids is 1. The number of para-hydroxylation sites is 2. The van der Waals surface area contributed by atoms with Crippen LogP contribution in [0, 0.1) is 0 Å². The van der Waals surface area contributed by atoms with Crippen molar-refractivity contribution in [2.24, 2.45) is 0 Å². The van der Waals surface area contributed by atoms with Gasteiger partial charge in [-0.05, 0) is 48.4 Å². The van der Waals surface area contributed by atoms with Gasteiger partial charge in [0.1, 0.15) is 6.33 Å². The van der Waals surface area contributed by atoms with Crippen LogP contribution in [-0.4, -0.2) is 27.0 Å². The van der Waals surface area contributed by atoms with Gasteiger partial charge in [0.25, 0.3) is 5.91 Å². The minimum atomic E-state index is -0.0824. The van der Waals surface area contributed by atoms with Gasteiger partial charge in [-0.15, -0.1) is 0 Å². The van der Waals surface area contributed by atoms with Crippen LogP contribution in [-0.2, 0) is 6.42 Å². The summed E-state index contributed by atoms with van der Waals surface area (Å²) in [6.45, 7) is 0.581. The predicted molar refractivity (Wildman–Crippen MR) is 115 cm³/mol. The fourth-order valence-electron chi connectivity index (χ4n) is 3.70. The predicted octanol–water partition coefficient (Wildman–Crippen LogP) is 4.48. The van der Waals surface area contributed by atoms with Crippen LogP contribution in [0.3, 0.4) is 0 Å². The Hall–Kier alpha value is -3.86. The summed E-state index contributed by atoms with van der Waals surface area (Å²) in [5.41, 5.74) is 5.77. The van der Waals surface area contributed by atoms with Gasteiger partial charge in [-0.3, -0.25) is 9.36 Å². The summed E-state index contributed by atoms with van der Waals surface area (Å²) in [5, 5.41) is 4.22. The van der Waals surface area contributed by atoms with Crippen LogP contribution in [0.2, 0.25) is 0 Å². The fourth-order valence-corrected chi connectivity index (χ4v) is 3.70. The Morgan fingerprint density at radius 2 is 1.83 bits per heavy atom. The lowest BCUT2D eigenvalue weighted by Gasteiger charge is -2.06. The van der Waals surface area contributed by atoms with Gasteiger partial charge in [0, 0.05) is 34.9 Å². The number of fused-ring (bicyclic) bond motifs is 2. The smallest absolute Gasteiger partial charge is 0.251 e. The van der Waals surface area contributed by atoms with Crippen molar-refractivity contribution in [3.8, 4) is 5.69 Å². The molecule has 0 unspecified atom stereocenters. The molecule has 29 heavy (non-hydrogen) atoms. The number of hydrogen-bond donors (Lipinski definition) is 2. The molecule has 2 aromatic heterocycles. The molecular formula is C24H20N4O. The van der Waals surface area contributed by atoms with Crippen LogP contribution in [0.1, 0.15) is 15.9 Å². The Bertz CT molecular complexity index is 1300. The largest absolute Gasteiger partial charge is 0.361 e. The van der Waals surface area contributed by atoms with E-state index in [9.17, 15) is 4.79 Å². The van der Waals surface area contributed by atoms with Crippen molar-refractivity contribution in [3.05, 3.63) is 96.4 Å². The number of H-pyrrole nitrogens is 1. The molecule has 0 spiro atoms. The number of rotatable bonds is 5. The third-order valence-corrected chi connectivity index (χ3v) is 5.20. The van der Waals surface area contributed by atoms with E-state index in [1.54, 1.807) is 6.33 Å². The molecule has 5 rings (SSSR count). The molecule has 3 aromatic carbocycles. The second-order valence-electron chi connectivity index (χ2n) is 7.02. The molecule has 5 nitrogen and oxygen atoms in total. The minimum absolute atomic E-state index is 0.0824. The molecule has 0 aliphatic rings. The molecule has 2 heterocycles. The van der Waals surface area contributed by atoms with E-state index in [-0.39, 0.29) is 5.91 Å². The quantitative estimate of drug-likeness (QED) is 0.472. The Kier molecular flexibility index (Phi) is 4.33. The maximum absolute atomic E-state index is 12.6. The average molecular weight is 380 g/mol. The molecule has 0 atom stereocenters. The molecule has 142 valence electrons. The number of nitrogens with zero attached hydrogens (tertiary/aromatic N) is 2. The van der Waals surface area contributed by atoms with Gasteiger partial charge in [-0.2, -0.15) is 0 Å². The number of carbonyl (C=O) groups is 1. The second kappa shape index (κ2) is 7.28. The Balaban J connectivity index is 1.30. The Morgan fingerprint density at radius 1 is 1.00 bits per heavy atom. The highest BCUT2D eigenvalue weighted by molar-refractivity contribution is 5.97. The second-order valence-corrected chi connectivity index (χ2v) is 7.02. The van der Waals surface area contributed by atoms with E-state index in [2.05, 4.69) is 27.4 Å². The summed E-state index contributed by atoms with van der Waals surface area (Å²) in [6, 6.07) is 23.9. The van der Waals surface area contributed by atoms with Crippen molar-refractivity contribution in [2.45, 2.75) is 6.42 Å². The lowest BCUT2D eigenvalue weighted by Crippen LogP contribution is -2.25. The highest BCUT2D eigenvalue weighted by atomic mass is 16.1. The number of amides is 1. The number of hydrogen-bond acceptors (Lipinski definition) is 2. The zero-order valence-corrected chi connectivity index (χ0v) is 15.8. The summed E-state index contributed by atoms with van der Waals surface area (Å²) in [5.74, 6) is -0.0824. The summed E-state index contributed by atoms with van der Waals surface area (Å²) in [7, 11) is 0. The Morgan fingerprint density at radius 3 is 2.72 bits per heavy atom. The van der Waals surface area contributed by atoms with Crippen LogP contribution in [0.5, 0.6) is 0 Å². The maximum Gasteiger partial charge on any atom is 0.251 e. The number of aromatic amines is 1. The van der Waals surface area contributed by atoms with Gasteiger partial charge in [0.05, 0.1) is 11.0 Å². The molecule has 0 saturated carbocycles. The standard InChI is InChI=1S/C24H20N4O/c29-24(25-13-12-18-15-26-21-9-5-4-8-20(18)21)17-10-11-23-22(14-17)27-16-28(23)19-6-2-1-3-7-19/h1-11,14-16,26H,12-13H2,(H,25,29). The fraction of sp³-hybridized carbons (Fsp3) is 0.0833. The van der Waals surface area contributed by atoms with Gasteiger partial charge in [-0.1, -0.05) is 36.4 Å². The Labute approximate surface area is 168 Å². The molecule has 0 aliphatic carbocycles. The summed E-state index contributed by atoms with van der Waals surface area (Å²) < 4.78 is 2.02. The summed E-state index contributed by atoms with van der Waals surface area (Å²) in [6.07, 6.45) is 4.58. The first kappa shape index (κ1) is 17.3. The average Bonchev–Trinajstić information content (AvgIpc) is 3.38. The van der Waals surface area contributed by atoms with Gasteiger partial charge < -0.3 is 10.3 Å². The molecule has 0 saturated heterocycles. The molecule has 5 aromatic rings. The third kappa shape index (κ3) is 3.27. The van der Waals surface area contributed by atoms with E-state index in [1.807, 2.05) is 71.4 Å². The minimum Gasteiger partial charge on any atom is -0.361 e. The monoisotopic (exact) mass is 380 g/mol. The SMILES string of the molecule is O=C(NCCc1c[nH]c2ccccc12)c1ccc2c(c1)ncn2-c1ccccc1.